The van der Waals surface area contributed by atoms with E-state index in [0.717, 1.165) is 22.1 Å². The topological polar surface area (TPSA) is 128 Å². The molecule has 2 heterocycles. The highest BCUT2D eigenvalue weighted by atomic mass is 32.2. The Morgan fingerprint density at radius 2 is 1.91 bits per heavy atom. The number of nitrogens with zero attached hydrogens (tertiary/aromatic N) is 2. The third kappa shape index (κ3) is 6.61. The maximum Gasteiger partial charge on any atom is 0.321 e. The van der Waals surface area contributed by atoms with Crippen LogP contribution >= 0.6 is 11.3 Å². The predicted molar refractivity (Wildman–Crippen MR) is 168 cm³/mol. The van der Waals surface area contributed by atoms with Crippen LogP contribution in [-0.2, 0) is 10.0 Å². The Balaban J connectivity index is 1.40. The molecule has 0 aliphatic carbocycles. The van der Waals surface area contributed by atoms with Crippen LogP contribution in [0.25, 0.3) is 10.8 Å². The van der Waals surface area contributed by atoms with E-state index in [1.807, 2.05) is 49.4 Å². The molecule has 4 aromatic rings. The summed E-state index contributed by atoms with van der Waals surface area (Å²) >= 11 is 1.09. The van der Waals surface area contributed by atoms with Gasteiger partial charge in [0.25, 0.3) is 15.9 Å². The fourth-order valence-corrected chi connectivity index (χ4v) is 7.07. The number of amides is 3. The number of hydrogen-bond acceptors (Lipinski definition) is 7. The van der Waals surface area contributed by atoms with Gasteiger partial charge in [0.05, 0.1) is 30.4 Å². The predicted octanol–water partition coefficient (Wildman–Crippen LogP) is 5.09. The summed E-state index contributed by atoms with van der Waals surface area (Å²) in [5.41, 5.74) is 1.06. The highest BCUT2D eigenvalue weighted by Crippen LogP contribution is 2.32. The molecule has 226 valence electrons. The van der Waals surface area contributed by atoms with E-state index in [-0.39, 0.29) is 58.8 Å². The van der Waals surface area contributed by atoms with E-state index in [0.29, 0.717) is 5.69 Å². The van der Waals surface area contributed by atoms with Gasteiger partial charge in [-0.25, -0.2) is 13.2 Å². The lowest BCUT2D eigenvalue weighted by molar-refractivity contribution is 0.0371. The molecule has 0 spiro atoms. The number of fused-ring (bicyclic) bond motifs is 2. The van der Waals surface area contributed by atoms with Crippen molar-refractivity contribution in [3.8, 4) is 5.75 Å². The second-order valence-electron chi connectivity index (χ2n) is 10.7. The third-order valence-corrected chi connectivity index (χ3v) is 10.3. The lowest BCUT2D eigenvalue weighted by Gasteiger charge is -2.38. The van der Waals surface area contributed by atoms with Gasteiger partial charge in [-0.2, -0.15) is 0 Å². The van der Waals surface area contributed by atoms with Crippen LogP contribution in [0.5, 0.6) is 5.75 Å². The first-order chi connectivity index (χ1) is 20.6. The van der Waals surface area contributed by atoms with Crippen LogP contribution in [0.4, 0.5) is 16.2 Å². The van der Waals surface area contributed by atoms with Crippen molar-refractivity contribution in [3.63, 3.8) is 0 Å². The van der Waals surface area contributed by atoms with Gasteiger partial charge in [-0.05, 0) is 48.0 Å². The van der Waals surface area contributed by atoms with Gasteiger partial charge in [0.1, 0.15) is 16.1 Å². The first-order valence-corrected chi connectivity index (χ1v) is 16.2. The molecule has 3 aromatic carbocycles. The Kier molecular flexibility index (Phi) is 8.90. The van der Waals surface area contributed by atoms with Crippen molar-refractivity contribution >= 4 is 55.4 Å². The molecule has 3 amide bonds. The molecule has 0 fully saturated rings. The molecule has 1 aliphatic heterocycles. The number of rotatable bonds is 8. The van der Waals surface area contributed by atoms with Crippen molar-refractivity contribution in [1.82, 2.24) is 9.80 Å². The number of anilines is 2. The highest BCUT2D eigenvalue weighted by molar-refractivity contribution is 7.94. The number of ether oxygens (including phenoxy) is 1. The van der Waals surface area contributed by atoms with Gasteiger partial charge < -0.3 is 25.0 Å². The molecule has 12 heteroatoms. The van der Waals surface area contributed by atoms with Gasteiger partial charge in [-0.1, -0.05) is 49.4 Å². The average molecular weight is 623 g/mol. The number of thiophene rings is 1. The second-order valence-corrected chi connectivity index (χ2v) is 13.6. The smallest absolute Gasteiger partial charge is 0.321 e. The van der Waals surface area contributed by atoms with Crippen molar-refractivity contribution in [3.05, 3.63) is 83.7 Å². The Morgan fingerprint density at radius 3 is 2.65 bits per heavy atom. The fourth-order valence-electron chi connectivity index (χ4n) is 5.02. The molecule has 0 unspecified atom stereocenters. The summed E-state index contributed by atoms with van der Waals surface area (Å²) in [6.45, 7) is 3.89. The lowest BCUT2D eigenvalue weighted by Crippen LogP contribution is -2.50. The Morgan fingerprint density at radius 1 is 1.14 bits per heavy atom. The summed E-state index contributed by atoms with van der Waals surface area (Å²) in [5, 5.41) is 16.5. The molecule has 0 saturated heterocycles. The molecule has 3 N–H and O–H groups in total. The van der Waals surface area contributed by atoms with Crippen LogP contribution in [-0.4, -0.2) is 74.2 Å². The number of carbonyl (C=O) groups excluding carboxylic acids is 2. The molecular formula is C31H34N4O6S2. The number of urea groups is 1. The van der Waals surface area contributed by atoms with Gasteiger partial charge >= 0.3 is 6.03 Å². The molecule has 0 bridgehead atoms. The van der Waals surface area contributed by atoms with Crippen LogP contribution < -0.4 is 14.8 Å². The molecular weight excluding hydrogens is 588 g/mol. The zero-order chi connectivity index (χ0) is 30.7. The lowest BCUT2D eigenvalue weighted by atomic mass is 9.99. The van der Waals surface area contributed by atoms with E-state index in [9.17, 15) is 23.1 Å². The van der Waals surface area contributed by atoms with Crippen LogP contribution in [0.1, 0.15) is 24.2 Å². The Hall–Kier alpha value is -4.13. The number of nitrogens with one attached hydrogen (secondary N) is 2. The number of likely N-dealkylation sites (N-methyl/N-ethyl adjacent to an activating group) is 1. The van der Waals surface area contributed by atoms with Crippen LogP contribution in [0.3, 0.4) is 0 Å². The normalized spacial score (nSPS) is 17.8. The van der Waals surface area contributed by atoms with Gasteiger partial charge in [0.15, 0.2) is 0 Å². The van der Waals surface area contributed by atoms with E-state index in [1.165, 1.54) is 23.1 Å². The summed E-state index contributed by atoms with van der Waals surface area (Å²) in [5.74, 6) is -0.337. The average Bonchev–Trinajstić information content (AvgIpc) is 3.55. The van der Waals surface area contributed by atoms with Crippen LogP contribution in [0.15, 0.2) is 82.4 Å². The van der Waals surface area contributed by atoms with Crippen molar-refractivity contribution in [1.29, 1.82) is 0 Å². The molecule has 0 radical (unpaired) electrons. The van der Waals surface area contributed by atoms with Crippen molar-refractivity contribution in [2.45, 2.75) is 30.2 Å². The Labute approximate surface area is 254 Å². The molecule has 43 heavy (non-hydrogen) atoms. The first kappa shape index (κ1) is 30.3. The SMILES string of the molecule is C[C@@H]1CN([C@@H](C)CO)C(=O)c2cc(NS(=O)(=O)c3cccs3)ccc2O[C@H]1CN(C)C(=O)Nc1cccc2ccccc12. The minimum atomic E-state index is -3.84. The number of benzene rings is 3. The van der Waals surface area contributed by atoms with Crippen molar-refractivity contribution in [2.24, 2.45) is 5.92 Å². The molecule has 3 atom stereocenters. The standard InChI is InChI=1S/C31H34N4O6S2/c1-20-17-35(21(2)19-36)30(37)25-16-23(33-43(39,40)29-12-7-15-42-29)13-14-27(25)41-28(20)18-34(3)31(38)32-26-11-6-9-22-8-4-5-10-24(22)26/h4-16,20-21,28,33,36H,17-19H2,1-3H3,(H,32,38)/t20-,21+,28+/m1/s1. The third-order valence-electron chi connectivity index (χ3n) is 7.51. The largest absolute Gasteiger partial charge is 0.487 e. The quantitative estimate of drug-likeness (QED) is 0.251. The number of carbonyl (C=O) groups is 2. The molecule has 1 aromatic heterocycles. The number of aliphatic hydroxyl groups excluding tert-OH is 1. The molecule has 5 rings (SSSR count). The highest BCUT2D eigenvalue weighted by Gasteiger charge is 2.34. The molecule has 10 nitrogen and oxygen atoms in total. The summed E-state index contributed by atoms with van der Waals surface area (Å²) in [4.78, 5) is 30.1. The zero-order valence-electron chi connectivity index (χ0n) is 24.1. The summed E-state index contributed by atoms with van der Waals surface area (Å²) in [7, 11) is -2.16. The first-order valence-electron chi connectivity index (χ1n) is 13.9. The Bertz CT molecular complexity index is 1720. The van der Waals surface area contributed by atoms with E-state index in [2.05, 4.69) is 10.0 Å². The van der Waals surface area contributed by atoms with Crippen LogP contribution in [0.2, 0.25) is 0 Å². The van der Waals surface area contributed by atoms with Gasteiger partial charge in [-0.3, -0.25) is 9.52 Å². The zero-order valence-corrected chi connectivity index (χ0v) is 25.7. The number of sulfonamides is 1. The van der Waals surface area contributed by atoms with Gasteiger partial charge in [0, 0.05) is 30.6 Å². The molecule has 1 aliphatic rings. The summed E-state index contributed by atoms with van der Waals surface area (Å²) in [6, 6.07) is 20.4. The van der Waals surface area contributed by atoms with E-state index < -0.39 is 22.2 Å². The van der Waals surface area contributed by atoms with Crippen molar-refractivity contribution < 1.29 is 27.9 Å². The number of hydrogen-bond donors (Lipinski definition) is 3. The monoisotopic (exact) mass is 622 g/mol. The van der Waals surface area contributed by atoms with E-state index >= 15 is 0 Å². The molecule has 0 saturated carbocycles. The summed E-state index contributed by atoms with van der Waals surface area (Å²) < 4.78 is 34.7. The van der Waals surface area contributed by atoms with Crippen LogP contribution in [0, 0.1) is 5.92 Å². The minimum Gasteiger partial charge on any atom is -0.487 e. The van der Waals surface area contributed by atoms with Gasteiger partial charge in [0.2, 0.25) is 0 Å². The maximum atomic E-state index is 13.7. The number of aliphatic hydroxyl groups is 1. The second kappa shape index (κ2) is 12.6. The van der Waals surface area contributed by atoms with Crippen molar-refractivity contribution in [2.75, 3.05) is 36.8 Å². The maximum absolute atomic E-state index is 13.7. The fraction of sp³-hybridized carbons (Fsp3) is 0.290. The summed E-state index contributed by atoms with van der Waals surface area (Å²) in [6.07, 6.45) is -0.517. The minimum absolute atomic E-state index is 0.149. The van der Waals surface area contributed by atoms with Gasteiger partial charge in [-0.15, -0.1) is 11.3 Å². The van der Waals surface area contributed by atoms with E-state index in [4.69, 9.17) is 4.74 Å². The van der Waals surface area contributed by atoms with E-state index in [1.54, 1.807) is 36.4 Å².